The second-order valence-corrected chi connectivity index (χ2v) is 8.51. The largest absolute Gasteiger partial charge is 0.328 e. The fourth-order valence-corrected chi connectivity index (χ4v) is 4.79. The fraction of sp³-hybridized carbons (Fsp3) is 1.00. The second kappa shape index (κ2) is 7.29. The first-order chi connectivity index (χ1) is 9.49. The Hall–Kier alpha value is -0.0400. The lowest BCUT2D eigenvalue weighted by atomic mass is 9.71. The van der Waals surface area contributed by atoms with Gasteiger partial charge in [-0.2, -0.15) is 0 Å². The summed E-state index contributed by atoms with van der Waals surface area (Å²) in [7, 11) is 0. The third kappa shape index (κ3) is 4.48. The van der Waals surface area contributed by atoms with E-state index in [1.165, 1.54) is 70.6 Å². The van der Waals surface area contributed by atoms with E-state index < -0.39 is 0 Å². The summed E-state index contributed by atoms with van der Waals surface area (Å²) in [6.45, 7) is 7.31. The van der Waals surface area contributed by atoms with E-state index in [2.05, 4.69) is 20.8 Å². The van der Waals surface area contributed by atoms with Crippen LogP contribution in [0.5, 0.6) is 0 Å². The molecule has 3 unspecified atom stereocenters. The highest BCUT2D eigenvalue weighted by molar-refractivity contribution is 4.84. The van der Waals surface area contributed by atoms with Crippen molar-refractivity contribution in [1.29, 1.82) is 0 Å². The average molecular weight is 280 g/mol. The van der Waals surface area contributed by atoms with Gasteiger partial charge in [-0.15, -0.1) is 0 Å². The monoisotopic (exact) mass is 279 g/mol. The van der Waals surface area contributed by atoms with Crippen molar-refractivity contribution in [1.82, 2.24) is 0 Å². The summed E-state index contributed by atoms with van der Waals surface area (Å²) < 4.78 is 0. The molecule has 0 radical (unpaired) electrons. The minimum Gasteiger partial charge on any atom is -0.328 e. The smallest absolute Gasteiger partial charge is 0.00388 e. The van der Waals surface area contributed by atoms with Crippen molar-refractivity contribution in [3.63, 3.8) is 0 Å². The molecule has 2 aliphatic carbocycles. The van der Waals surface area contributed by atoms with Crippen molar-refractivity contribution >= 4 is 0 Å². The molecule has 2 N–H and O–H groups in total. The van der Waals surface area contributed by atoms with Gasteiger partial charge in [0.1, 0.15) is 0 Å². The van der Waals surface area contributed by atoms with Crippen LogP contribution in [-0.2, 0) is 0 Å². The average Bonchev–Trinajstić information content (AvgIpc) is 2.61. The van der Waals surface area contributed by atoms with Gasteiger partial charge in [0, 0.05) is 6.04 Å². The van der Waals surface area contributed by atoms with Crippen molar-refractivity contribution in [2.75, 3.05) is 0 Å². The molecule has 2 rings (SSSR count). The summed E-state index contributed by atoms with van der Waals surface area (Å²) in [6.07, 6.45) is 15.8. The first-order valence-electron chi connectivity index (χ1n) is 9.24. The number of hydrogen-bond donors (Lipinski definition) is 1. The summed E-state index contributed by atoms with van der Waals surface area (Å²) in [5.74, 6) is 2.72. The molecule has 1 heteroatoms. The molecular weight excluding hydrogens is 242 g/mol. The van der Waals surface area contributed by atoms with Gasteiger partial charge >= 0.3 is 0 Å². The van der Waals surface area contributed by atoms with Gasteiger partial charge in [-0.1, -0.05) is 52.4 Å². The molecule has 4 atom stereocenters. The van der Waals surface area contributed by atoms with Crippen molar-refractivity contribution in [2.24, 2.45) is 28.9 Å². The Morgan fingerprint density at radius 1 is 0.900 bits per heavy atom. The number of hydrogen-bond acceptors (Lipinski definition) is 1. The Bertz CT molecular complexity index is 281. The van der Waals surface area contributed by atoms with E-state index in [0.29, 0.717) is 11.5 Å². The van der Waals surface area contributed by atoms with Crippen LogP contribution in [0.25, 0.3) is 0 Å². The Morgan fingerprint density at radius 2 is 1.70 bits per heavy atom. The summed E-state index contributed by atoms with van der Waals surface area (Å²) in [4.78, 5) is 0. The molecule has 20 heavy (non-hydrogen) atoms. The van der Waals surface area contributed by atoms with E-state index in [9.17, 15) is 0 Å². The second-order valence-electron chi connectivity index (χ2n) is 8.51. The highest BCUT2D eigenvalue weighted by atomic mass is 14.6. The summed E-state index contributed by atoms with van der Waals surface area (Å²) in [5.41, 5.74) is 6.84. The molecule has 0 aliphatic heterocycles. The highest BCUT2D eigenvalue weighted by Crippen LogP contribution is 2.44. The SMILES string of the molecule is C[C@@H](N)C1CCCCCC(C)(C)C2CCCC(CC2)C1. The van der Waals surface area contributed by atoms with Crippen LogP contribution in [-0.4, -0.2) is 6.04 Å². The van der Waals surface area contributed by atoms with Crippen molar-refractivity contribution in [2.45, 2.75) is 97.4 Å². The topological polar surface area (TPSA) is 26.0 Å². The Morgan fingerprint density at radius 3 is 2.45 bits per heavy atom. The zero-order valence-electron chi connectivity index (χ0n) is 14.2. The molecule has 2 saturated carbocycles. The standard InChI is InChI=1S/C19H37N/c1-15(20)17-9-5-4-6-13-19(2,3)18-10-7-8-16(14-17)11-12-18/h15-18H,4-14,20H2,1-3H3/t15-,16?,17?,18?/m1/s1. The van der Waals surface area contributed by atoms with Crippen LogP contribution >= 0.6 is 0 Å². The van der Waals surface area contributed by atoms with Gasteiger partial charge in [-0.25, -0.2) is 0 Å². The highest BCUT2D eigenvalue weighted by Gasteiger charge is 2.32. The number of rotatable bonds is 1. The molecule has 0 spiro atoms. The Labute approximate surface area is 127 Å². The van der Waals surface area contributed by atoms with E-state index in [0.717, 1.165) is 17.8 Å². The van der Waals surface area contributed by atoms with E-state index in [1.807, 2.05) is 0 Å². The minimum absolute atomic E-state index is 0.397. The molecule has 2 fully saturated rings. The lowest BCUT2D eigenvalue weighted by molar-refractivity contribution is 0.162. The van der Waals surface area contributed by atoms with Gasteiger partial charge in [0.05, 0.1) is 0 Å². The quantitative estimate of drug-likeness (QED) is 0.671. The van der Waals surface area contributed by atoms with Crippen LogP contribution in [0.2, 0.25) is 0 Å². The molecule has 0 saturated heterocycles. The Kier molecular flexibility index (Phi) is 5.95. The van der Waals surface area contributed by atoms with Gasteiger partial charge < -0.3 is 5.73 Å². The summed E-state index contributed by atoms with van der Waals surface area (Å²) in [6, 6.07) is 0.397. The predicted molar refractivity (Wildman–Crippen MR) is 88.7 cm³/mol. The predicted octanol–water partition coefficient (Wildman–Crippen LogP) is 5.53. The van der Waals surface area contributed by atoms with Crippen LogP contribution in [0, 0.1) is 23.2 Å². The molecule has 1 nitrogen and oxygen atoms in total. The third-order valence-corrected chi connectivity index (χ3v) is 6.47. The molecule has 0 aromatic heterocycles. The first-order valence-corrected chi connectivity index (χ1v) is 9.24. The van der Waals surface area contributed by atoms with Crippen molar-refractivity contribution < 1.29 is 0 Å². The molecule has 0 aromatic rings. The van der Waals surface area contributed by atoms with Crippen LogP contribution in [0.3, 0.4) is 0 Å². The van der Waals surface area contributed by atoms with Crippen LogP contribution < -0.4 is 5.73 Å². The molecular formula is C19H37N. The van der Waals surface area contributed by atoms with E-state index in [-0.39, 0.29) is 0 Å². The van der Waals surface area contributed by atoms with Gasteiger partial charge in [0.25, 0.3) is 0 Å². The molecule has 0 amide bonds. The van der Waals surface area contributed by atoms with E-state index in [1.54, 1.807) is 0 Å². The van der Waals surface area contributed by atoms with Gasteiger partial charge in [0.15, 0.2) is 0 Å². The normalized spacial score (nSPS) is 37.5. The van der Waals surface area contributed by atoms with E-state index >= 15 is 0 Å². The van der Waals surface area contributed by atoms with Crippen molar-refractivity contribution in [3.8, 4) is 0 Å². The number of fused-ring (bicyclic) bond motifs is 3. The molecule has 0 heterocycles. The van der Waals surface area contributed by atoms with Crippen LogP contribution in [0.15, 0.2) is 0 Å². The maximum absolute atomic E-state index is 6.26. The zero-order valence-corrected chi connectivity index (χ0v) is 14.2. The van der Waals surface area contributed by atoms with Crippen LogP contribution in [0.4, 0.5) is 0 Å². The van der Waals surface area contributed by atoms with Gasteiger partial charge in [-0.3, -0.25) is 0 Å². The first kappa shape index (κ1) is 16.3. The lowest BCUT2D eigenvalue weighted by Crippen LogP contribution is -2.29. The van der Waals surface area contributed by atoms with Gasteiger partial charge in [-0.05, 0) is 62.2 Å². The molecule has 2 bridgehead atoms. The van der Waals surface area contributed by atoms with Gasteiger partial charge in [0.2, 0.25) is 0 Å². The maximum Gasteiger partial charge on any atom is 0.00388 e. The third-order valence-electron chi connectivity index (χ3n) is 6.47. The number of nitrogens with two attached hydrogens (primary N) is 1. The minimum atomic E-state index is 0.397. The summed E-state index contributed by atoms with van der Waals surface area (Å²) >= 11 is 0. The lowest BCUT2D eigenvalue weighted by Gasteiger charge is -2.35. The van der Waals surface area contributed by atoms with Crippen LogP contribution in [0.1, 0.15) is 91.4 Å². The Balaban J connectivity index is 2.05. The molecule has 0 aromatic carbocycles. The summed E-state index contributed by atoms with van der Waals surface area (Å²) in [5, 5.41) is 0. The maximum atomic E-state index is 6.26. The van der Waals surface area contributed by atoms with E-state index in [4.69, 9.17) is 5.73 Å². The molecule has 118 valence electrons. The fourth-order valence-electron chi connectivity index (χ4n) is 4.79. The van der Waals surface area contributed by atoms with Crippen molar-refractivity contribution in [3.05, 3.63) is 0 Å². The molecule has 2 aliphatic rings. The zero-order chi connectivity index (χ0) is 14.6.